The van der Waals surface area contributed by atoms with Crippen molar-refractivity contribution >= 4 is 161 Å². The average molecular weight is 1540 g/mol. The molecular weight excluding hydrogens is 1490 g/mol. The molecule has 0 saturated carbocycles. The van der Waals surface area contributed by atoms with Crippen LogP contribution in [0.15, 0.2) is 144 Å². The lowest BCUT2D eigenvalue weighted by Gasteiger charge is -2.32. The molecule has 0 spiro atoms. The minimum absolute atomic E-state index is 0.0606. The zero-order valence-corrected chi connectivity index (χ0v) is 58.1. The van der Waals surface area contributed by atoms with Gasteiger partial charge in [0.2, 0.25) is 10.0 Å². The van der Waals surface area contributed by atoms with Gasteiger partial charge in [-0.05, 0) is 154 Å². The molecule has 2 N–H and O–H groups in total. The van der Waals surface area contributed by atoms with Crippen LogP contribution in [0.25, 0.3) is 50.6 Å². The van der Waals surface area contributed by atoms with Crippen molar-refractivity contribution in [1.29, 1.82) is 0 Å². The van der Waals surface area contributed by atoms with Gasteiger partial charge in [-0.3, -0.25) is 27.6 Å². The van der Waals surface area contributed by atoms with Crippen LogP contribution >= 0.6 is 89.3 Å². The third-order valence-corrected chi connectivity index (χ3v) is 20.8. The first-order valence-corrected chi connectivity index (χ1v) is 34.0. The first-order chi connectivity index (χ1) is 40.8. The van der Waals surface area contributed by atoms with Crippen LogP contribution in [0.5, 0.6) is 0 Å². The lowest BCUT2D eigenvalue weighted by molar-refractivity contribution is 0.00578. The van der Waals surface area contributed by atoms with E-state index >= 15 is 0 Å². The van der Waals surface area contributed by atoms with E-state index in [4.69, 9.17) is 44.1 Å². The second kappa shape index (κ2) is 27.3. The summed E-state index contributed by atoms with van der Waals surface area (Å²) in [6.07, 6.45) is 19.3. The van der Waals surface area contributed by atoms with Crippen molar-refractivity contribution in [3.8, 4) is 33.6 Å². The Labute approximate surface area is 549 Å². The fourth-order valence-corrected chi connectivity index (χ4v) is 11.8. The molecule has 0 unspecified atom stereocenters. The van der Waals surface area contributed by atoms with Gasteiger partial charge in [-0.2, -0.15) is 25.4 Å². The Bertz CT molecular complexity index is 4500. The molecule has 87 heavy (non-hydrogen) atoms. The van der Waals surface area contributed by atoms with Gasteiger partial charge in [0.05, 0.1) is 58.3 Å². The molecule has 0 radical (unpaired) electrons. The molecule has 11 rings (SSSR count). The lowest BCUT2D eigenvalue weighted by atomic mass is 9.80. The van der Waals surface area contributed by atoms with Crippen molar-refractivity contribution in [2.75, 3.05) is 51.7 Å². The molecule has 1 fully saturated rings. The maximum Gasteiger partial charge on any atom is 0.496 e. The summed E-state index contributed by atoms with van der Waals surface area (Å²) in [5.74, 6) is -0.223. The van der Waals surface area contributed by atoms with Crippen molar-refractivity contribution in [1.82, 2.24) is 61.0 Å². The molecule has 1 aliphatic rings. The van der Waals surface area contributed by atoms with E-state index in [-0.39, 0.29) is 32.6 Å². The molecule has 0 aromatic carbocycles. The first-order valence-electron chi connectivity index (χ1n) is 25.7. The number of sulfonamides is 1. The molecule has 23 nitrogen and oxygen atoms in total. The van der Waals surface area contributed by atoms with Crippen LogP contribution in [-0.4, -0.2) is 147 Å². The van der Waals surface area contributed by atoms with Crippen molar-refractivity contribution in [2.45, 2.75) is 44.6 Å². The van der Waals surface area contributed by atoms with E-state index in [1.54, 1.807) is 61.6 Å². The highest BCUT2D eigenvalue weighted by molar-refractivity contribution is 14.1. The fraction of sp³-hybridized carbons (Fsp3) is 0.241. The van der Waals surface area contributed by atoms with E-state index in [1.165, 1.54) is 42.3 Å². The topological polar surface area (TPSA) is 258 Å². The maximum absolute atomic E-state index is 12.2. The SMILES string of the molecule is Brc1ccc2ncc(I)n2c1.CN(C)S(=O)(=O)Cc1cc(B2OC(C)(C)C(C)(C)O2)cnc1Cl.CN(C)S(=O)(=O)Nc1cc(-c2cnc3ccc(-c4ccncc4)cn23)cnc1Cl.CN(C)S(=O)(=O)Nc1cc(-c2cnc3ccc(Br)cn23)cnc1Cl. The number of aromatic nitrogens is 10. The molecule has 33 heteroatoms. The molecule has 0 amide bonds. The highest BCUT2D eigenvalue weighted by atomic mass is 127. The highest BCUT2D eigenvalue weighted by Gasteiger charge is 2.52. The van der Waals surface area contributed by atoms with E-state index in [0.717, 1.165) is 65.0 Å². The summed E-state index contributed by atoms with van der Waals surface area (Å²) in [6.45, 7) is 7.81. The second-order valence-electron chi connectivity index (χ2n) is 20.6. The molecule has 11 heterocycles. The molecule has 0 atom stereocenters. The van der Waals surface area contributed by atoms with Gasteiger partial charge in [-0.15, -0.1) is 0 Å². The number of nitrogens with zero attached hydrogens (tertiary/aromatic N) is 13. The Morgan fingerprint density at radius 3 is 1.48 bits per heavy atom. The average Bonchev–Trinajstić information content (AvgIpc) is 1.77. The number of anilines is 2. The number of imidazole rings is 3. The van der Waals surface area contributed by atoms with Gasteiger partial charge < -0.3 is 9.31 Å². The van der Waals surface area contributed by atoms with Gasteiger partial charge in [-0.25, -0.2) is 42.6 Å². The van der Waals surface area contributed by atoms with E-state index in [1.807, 2.05) is 114 Å². The quantitative estimate of drug-likeness (QED) is 0.0618. The zero-order chi connectivity index (χ0) is 63.6. The maximum atomic E-state index is 12.2. The number of halogens is 6. The van der Waals surface area contributed by atoms with Crippen molar-refractivity contribution < 1.29 is 34.6 Å². The Morgan fingerprint density at radius 1 is 0.540 bits per heavy atom. The van der Waals surface area contributed by atoms with Gasteiger partial charge >= 0.3 is 27.5 Å². The Morgan fingerprint density at radius 2 is 0.989 bits per heavy atom. The Hall–Kier alpha value is -5.46. The highest BCUT2D eigenvalue weighted by Crippen LogP contribution is 2.37. The van der Waals surface area contributed by atoms with Gasteiger partial charge in [0.1, 0.15) is 25.8 Å². The van der Waals surface area contributed by atoms with Crippen LogP contribution in [-0.2, 0) is 45.5 Å². The minimum Gasteiger partial charge on any atom is -0.399 e. The van der Waals surface area contributed by atoms with E-state index in [2.05, 4.69) is 98.8 Å². The van der Waals surface area contributed by atoms with Crippen LogP contribution in [0.3, 0.4) is 0 Å². The monoisotopic (exact) mass is 1540 g/mol. The summed E-state index contributed by atoms with van der Waals surface area (Å²) in [7, 11) is -2.76. The number of hydrogen-bond donors (Lipinski definition) is 2. The summed E-state index contributed by atoms with van der Waals surface area (Å²) in [5.41, 5.74) is 7.90. The molecule has 458 valence electrons. The molecule has 0 bridgehead atoms. The van der Waals surface area contributed by atoms with Crippen molar-refractivity contribution in [3.05, 3.63) is 169 Å². The van der Waals surface area contributed by atoms with Gasteiger partial charge in [-0.1, -0.05) is 40.9 Å². The molecule has 10 aromatic rings. The van der Waals surface area contributed by atoms with Crippen molar-refractivity contribution in [3.63, 3.8) is 0 Å². The lowest BCUT2D eigenvalue weighted by Crippen LogP contribution is -2.41. The minimum atomic E-state index is -3.71. The molecule has 1 saturated heterocycles. The fourth-order valence-electron chi connectivity index (χ4n) is 7.83. The largest absolute Gasteiger partial charge is 0.496 e. The second-order valence-corrected chi connectivity index (χ2v) is 30.6. The standard InChI is InChI=1S/C19H17ClN6O2S.C14H22BClN2O4S.C14H13BrClN5O2S.C7H4BrIN2/c1-25(2)29(27,28)24-16-9-15(10-23-19(16)20)17-11-22-18-4-3-14(12-26(17)18)13-5-7-21-8-6-13;1-13(2)14(3,4)22-15(21-13)11-7-10(12(16)17-8-11)9-23(19,20)18(5)6;1-20(2)24(22,23)19-11-5-9(6-18-14(11)16)12-7-17-13-4-3-10(15)8-21(12)13;8-5-1-2-7-10-3-6(9)11(7)4-5/h3-12,24H,1-2H3;7-8H,9H2,1-6H3;3-8,19H,1-2H3;1-4H. The molecule has 1 aliphatic heterocycles. The summed E-state index contributed by atoms with van der Waals surface area (Å²) in [4.78, 5) is 29.3. The van der Waals surface area contributed by atoms with Crippen molar-refractivity contribution in [2.24, 2.45) is 0 Å². The molecule has 0 aliphatic carbocycles. The predicted molar refractivity (Wildman–Crippen MR) is 357 cm³/mol. The number of pyridine rings is 7. The summed E-state index contributed by atoms with van der Waals surface area (Å²) in [5, 5.41) is 0.292. The van der Waals surface area contributed by atoms with Gasteiger partial charge in [0, 0.05) is 123 Å². The number of hydrogen-bond acceptors (Lipinski definition) is 15. The summed E-state index contributed by atoms with van der Waals surface area (Å²) < 4.78 is 101. The third-order valence-electron chi connectivity index (χ3n) is 13.5. The van der Waals surface area contributed by atoms with Crippen LogP contribution in [0.1, 0.15) is 33.3 Å². The number of rotatable bonds is 13. The molecular formula is C54H56BBr2Cl3IN15O8S3. The van der Waals surface area contributed by atoms with E-state index < -0.39 is 48.8 Å². The van der Waals surface area contributed by atoms with Crippen LogP contribution in [0.4, 0.5) is 11.4 Å². The summed E-state index contributed by atoms with van der Waals surface area (Å²) in [6, 6.07) is 20.4. The van der Waals surface area contributed by atoms with Crippen LogP contribution < -0.4 is 14.9 Å². The number of fused-ring (bicyclic) bond motifs is 3. The zero-order valence-electron chi connectivity index (χ0n) is 48.1. The van der Waals surface area contributed by atoms with Crippen LogP contribution in [0.2, 0.25) is 15.5 Å². The van der Waals surface area contributed by atoms with Gasteiger partial charge in [0.15, 0.2) is 10.3 Å². The Kier molecular flexibility index (Phi) is 21.2. The number of nitrogens with one attached hydrogen (secondary N) is 2. The normalized spacial score (nSPS) is 14.0. The predicted octanol–water partition coefficient (Wildman–Crippen LogP) is 10.5. The van der Waals surface area contributed by atoms with E-state index in [9.17, 15) is 25.3 Å². The summed E-state index contributed by atoms with van der Waals surface area (Å²) >= 11 is 27.3. The first kappa shape index (κ1) is 67.5. The van der Waals surface area contributed by atoms with Crippen LogP contribution in [0, 0.1) is 3.70 Å². The molecule has 10 aromatic heterocycles. The van der Waals surface area contributed by atoms with E-state index in [0.29, 0.717) is 22.2 Å². The Balaban J connectivity index is 0.000000156. The van der Waals surface area contributed by atoms with Gasteiger partial charge in [0.25, 0.3) is 0 Å². The third kappa shape index (κ3) is 16.1. The smallest absolute Gasteiger partial charge is 0.399 e.